The molecule has 1 aromatic carbocycles. The van der Waals surface area contributed by atoms with Crippen molar-refractivity contribution in [1.82, 2.24) is 10.2 Å². The summed E-state index contributed by atoms with van der Waals surface area (Å²) >= 11 is 0. The van der Waals surface area contributed by atoms with E-state index in [1.165, 1.54) is 0 Å². The number of carbonyl (C=O) groups excluding carboxylic acids is 1. The summed E-state index contributed by atoms with van der Waals surface area (Å²) in [5.41, 5.74) is 1.08. The molecule has 2 rings (SSSR count). The third-order valence-corrected chi connectivity index (χ3v) is 3.32. The van der Waals surface area contributed by atoms with Gasteiger partial charge in [-0.05, 0) is 24.6 Å². The van der Waals surface area contributed by atoms with E-state index in [0.29, 0.717) is 26.3 Å². The minimum atomic E-state index is 0.0989. The Kier molecular flexibility index (Phi) is 5.24. The van der Waals surface area contributed by atoms with Gasteiger partial charge in [0.05, 0.1) is 19.8 Å². The smallest absolute Gasteiger partial charge is 0.236 e. The number of hydrogen-bond acceptors (Lipinski definition) is 4. The Labute approximate surface area is 119 Å². The van der Waals surface area contributed by atoms with E-state index in [1.807, 2.05) is 25.1 Å². The summed E-state index contributed by atoms with van der Waals surface area (Å²) < 4.78 is 11.2. The van der Waals surface area contributed by atoms with Crippen LogP contribution in [-0.4, -0.2) is 44.2 Å². The molecule has 0 aliphatic carbocycles. The average molecular weight is 278 g/mol. The van der Waals surface area contributed by atoms with Crippen molar-refractivity contribution in [2.24, 2.45) is 0 Å². The Bertz CT molecular complexity index is 462. The number of fused-ring (bicyclic) bond motifs is 1. The minimum Gasteiger partial charge on any atom is -0.490 e. The van der Waals surface area contributed by atoms with Crippen molar-refractivity contribution >= 4 is 5.91 Å². The number of nitrogens with zero attached hydrogens (tertiary/aromatic N) is 1. The van der Waals surface area contributed by atoms with Gasteiger partial charge in [-0.2, -0.15) is 0 Å². The highest BCUT2D eigenvalue weighted by Gasteiger charge is 2.11. The van der Waals surface area contributed by atoms with Gasteiger partial charge in [0, 0.05) is 26.6 Å². The van der Waals surface area contributed by atoms with Crippen LogP contribution in [0.1, 0.15) is 18.9 Å². The maximum Gasteiger partial charge on any atom is 0.236 e. The molecule has 1 aromatic rings. The SMILES string of the molecule is CCN(C)C(=O)CNCc1ccc2c(c1)OCCCO2. The van der Waals surface area contributed by atoms with Crippen molar-refractivity contribution < 1.29 is 14.3 Å². The monoisotopic (exact) mass is 278 g/mol. The van der Waals surface area contributed by atoms with Crippen molar-refractivity contribution in [3.05, 3.63) is 23.8 Å². The molecule has 20 heavy (non-hydrogen) atoms. The predicted octanol–water partition coefficient (Wildman–Crippen LogP) is 1.42. The average Bonchev–Trinajstić information content (AvgIpc) is 2.71. The second-order valence-corrected chi connectivity index (χ2v) is 4.84. The summed E-state index contributed by atoms with van der Waals surface area (Å²) in [6, 6.07) is 5.90. The number of nitrogens with one attached hydrogen (secondary N) is 1. The summed E-state index contributed by atoms with van der Waals surface area (Å²) in [5.74, 6) is 1.69. The highest BCUT2D eigenvalue weighted by atomic mass is 16.5. The van der Waals surface area contributed by atoms with Gasteiger partial charge < -0.3 is 19.7 Å². The number of likely N-dealkylation sites (N-methyl/N-ethyl adjacent to an activating group) is 1. The van der Waals surface area contributed by atoms with Gasteiger partial charge >= 0.3 is 0 Å². The lowest BCUT2D eigenvalue weighted by atomic mass is 10.2. The van der Waals surface area contributed by atoms with Gasteiger partial charge in [-0.1, -0.05) is 6.07 Å². The molecule has 0 unspecified atom stereocenters. The van der Waals surface area contributed by atoms with E-state index < -0.39 is 0 Å². The van der Waals surface area contributed by atoms with Crippen LogP contribution in [0.25, 0.3) is 0 Å². The normalized spacial score (nSPS) is 13.7. The second-order valence-electron chi connectivity index (χ2n) is 4.84. The molecule has 0 fully saturated rings. The molecule has 0 aromatic heterocycles. The van der Waals surface area contributed by atoms with Crippen molar-refractivity contribution in [2.45, 2.75) is 19.9 Å². The lowest BCUT2D eigenvalue weighted by Gasteiger charge is -2.15. The quantitative estimate of drug-likeness (QED) is 0.885. The largest absolute Gasteiger partial charge is 0.490 e. The molecule has 1 heterocycles. The van der Waals surface area contributed by atoms with Crippen LogP contribution in [0.5, 0.6) is 11.5 Å². The zero-order valence-corrected chi connectivity index (χ0v) is 12.1. The van der Waals surface area contributed by atoms with Crippen LogP contribution in [0.4, 0.5) is 0 Å². The van der Waals surface area contributed by atoms with Crippen molar-refractivity contribution in [2.75, 3.05) is 33.4 Å². The molecule has 0 spiro atoms. The van der Waals surface area contributed by atoms with Crippen LogP contribution in [0.3, 0.4) is 0 Å². The molecule has 0 bridgehead atoms. The van der Waals surface area contributed by atoms with E-state index in [9.17, 15) is 4.79 Å². The Morgan fingerprint density at radius 2 is 2.05 bits per heavy atom. The van der Waals surface area contributed by atoms with E-state index in [0.717, 1.165) is 30.0 Å². The number of ether oxygens (including phenoxy) is 2. The van der Waals surface area contributed by atoms with Gasteiger partial charge in [0.15, 0.2) is 11.5 Å². The summed E-state index contributed by atoms with van der Waals surface area (Å²) in [6.45, 7) is 5.05. The molecule has 0 saturated heterocycles. The first-order chi connectivity index (χ1) is 9.70. The molecule has 5 nitrogen and oxygen atoms in total. The molecule has 1 aliphatic rings. The lowest BCUT2D eigenvalue weighted by Crippen LogP contribution is -2.35. The lowest BCUT2D eigenvalue weighted by molar-refractivity contribution is -0.128. The number of rotatable bonds is 5. The van der Waals surface area contributed by atoms with E-state index in [1.54, 1.807) is 11.9 Å². The number of amides is 1. The molecule has 0 atom stereocenters. The summed E-state index contributed by atoms with van der Waals surface area (Å²) in [4.78, 5) is 13.4. The molecule has 1 aliphatic heterocycles. The number of carbonyl (C=O) groups is 1. The van der Waals surface area contributed by atoms with Gasteiger partial charge in [-0.15, -0.1) is 0 Å². The fourth-order valence-electron chi connectivity index (χ4n) is 1.94. The molecule has 1 N–H and O–H groups in total. The Hall–Kier alpha value is -1.75. The zero-order chi connectivity index (χ0) is 14.4. The molecule has 0 radical (unpaired) electrons. The Balaban J connectivity index is 1.87. The van der Waals surface area contributed by atoms with Crippen LogP contribution in [0.2, 0.25) is 0 Å². The van der Waals surface area contributed by atoms with E-state index in [2.05, 4.69) is 5.32 Å². The maximum absolute atomic E-state index is 11.7. The van der Waals surface area contributed by atoms with Gasteiger partial charge in [-0.3, -0.25) is 4.79 Å². The van der Waals surface area contributed by atoms with Crippen LogP contribution < -0.4 is 14.8 Å². The van der Waals surface area contributed by atoms with Crippen LogP contribution in [-0.2, 0) is 11.3 Å². The number of benzene rings is 1. The minimum absolute atomic E-state index is 0.0989. The highest BCUT2D eigenvalue weighted by Crippen LogP contribution is 2.30. The number of hydrogen-bond donors (Lipinski definition) is 1. The predicted molar refractivity (Wildman–Crippen MR) is 77.1 cm³/mol. The Morgan fingerprint density at radius 1 is 1.30 bits per heavy atom. The van der Waals surface area contributed by atoms with Gasteiger partial charge in [0.2, 0.25) is 5.91 Å². The standard InChI is InChI=1S/C15H22N2O3/c1-3-17(2)15(18)11-16-10-12-5-6-13-14(9-12)20-8-4-7-19-13/h5-6,9,16H,3-4,7-8,10-11H2,1-2H3. The fraction of sp³-hybridized carbons (Fsp3) is 0.533. The third-order valence-electron chi connectivity index (χ3n) is 3.32. The Morgan fingerprint density at radius 3 is 2.80 bits per heavy atom. The van der Waals surface area contributed by atoms with E-state index in [-0.39, 0.29) is 5.91 Å². The third kappa shape index (κ3) is 3.87. The fourth-order valence-corrected chi connectivity index (χ4v) is 1.94. The van der Waals surface area contributed by atoms with Crippen LogP contribution >= 0.6 is 0 Å². The van der Waals surface area contributed by atoms with Crippen molar-refractivity contribution in [3.63, 3.8) is 0 Å². The first kappa shape index (κ1) is 14.7. The second kappa shape index (κ2) is 7.14. The van der Waals surface area contributed by atoms with Gasteiger partial charge in [-0.25, -0.2) is 0 Å². The van der Waals surface area contributed by atoms with Crippen molar-refractivity contribution in [3.8, 4) is 11.5 Å². The molecular weight excluding hydrogens is 256 g/mol. The van der Waals surface area contributed by atoms with Crippen molar-refractivity contribution in [1.29, 1.82) is 0 Å². The van der Waals surface area contributed by atoms with Crippen LogP contribution in [0.15, 0.2) is 18.2 Å². The van der Waals surface area contributed by atoms with Gasteiger partial charge in [0.25, 0.3) is 0 Å². The van der Waals surface area contributed by atoms with Crippen LogP contribution in [0, 0.1) is 0 Å². The zero-order valence-electron chi connectivity index (χ0n) is 12.1. The maximum atomic E-state index is 11.7. The summed E-state index contributed by atoms with van der Waals surface area (Å²) in [7, 11) is 1.80. The van der Waals surface area contributed by atoms with E-state index in [4.69, 9.17) is 9.47 Å². The first-order valence-electron chi connectivity index (χ1n) is 7.04. The van der Waals surface area contributed by atoms with E-state index >= 15 is 0 Å². The molecule has 5 heteroatoms. The summed E-state index contributed by atoms with van der Waals surface area (Å²) in [5, 5.41) is 3.15. The molecule has 110 valence electrons. The van der Waals surface area contributed by atoms with Gasteiger partial charge in [0.1, 0.15) is 0 Å². The molecular formula is C15H22N2O3. The molecule has 0 saturated carbocycles. The summed E-state index contributed by atoms with van der Waals surface area (Å²) in [6.07, 6.45) is 0.903. The highest BCUT2D eigenvalue weighted by molar-refractivity contribution is 5.77. The molecule has 1 amide bonds. The first-order valence-corrected chi connectivity index (χ1v) is 7.04. The topological polar surface area (TPSA) is 50.8 Å².